The minimum Gasteiger partial charge on any atom is -0.330 e. The van der Waals surface area contributed by atoms with Crippen LogP contribution in [0.1, 0.15) is 70.6 Å². The van der Waals surface area contributed by atoms with E-state index in [-0.39, 0.29) is 32.1 Å². The molecular formula is C19H24N2O9. The van der Waals surface area contributed by atoms with Gasteiger partial charge < -0.3 is 14.4 Å². The van der Waals surface area contributed by atoms with Crippen LogP contribution in [0.25, 0.3) is 0 Å². The fourth-order valence-electron chi connectivity index (χ4n) is 2.67. The number of amides is 5. The molecule has 0 unspecified atom stereocenters. The second-order valence-corrected chi connectivity index (χ2v) is 6.55. The molecule has 11 heteroatoms. The van der Waals surface area contributed by atoms with Gasteiger partial charge in [-0.3, -0.25) is 24.0 Å². The van der Waals surface area contributed by atoms with Crippen molar-refractivity contribution in [3.8, 4) is 0 Å². The quantitative estimate of drug-likeness (QED) is 0.210. The number of hydroxylamine groups is 2. The Morgan fingerprint density at radius 2 is 1.30 bits per heavy atom. The van der Waals surface area contributed by atoms with Crippen LogP contribution in [-0.2, 0) is 43.2 Å². The molecule has 0 bridgehead atoms. The Labute approximate surface area is 172 Å². The van der Waals surface area contributed by atoms with Gasteiger partial charge in [0.25, 0.3) is 11.8 Å². The number of hydrogen-bond donors (Lipinski definition) is 0. The van der Waals surface area contributed by atoms with Crippen LogP contribution in [-0.4, -0.2) is 58.0 Å². The van der Waals surface area contributed by atoms with Gasteiger partial charge in [0.2, 0.25) is 17.7 Å². The molecule has 0 radical (unpaired) electrons. The zero-order chi connectivity index (χ0) is 22.5. The fraction of sp³-hybridized carbons (Fsp3) is 0.579. The van der Waals surface area contributed by atoms with E-state index in [1.54, 1.807) is 0 Å². The maximum atomic E-state index is 11.4. The van der Waals surface area contributed by atoms with Gasteiger partial charge in [0.1, 0.15) is 12.6 Å². The number of carbonyl (C=O) groups excluding carboxylic acids is 8. The van der Waals surface area contributed by atoms with Crippen LogP contribution in [0.5, 0.6) is 0 Å². The molecule has 164 valence electrons. The summed E-state index contributed by atoms with van der Waals surface area (Å²) < 4.78 is 0. The summed E-state index contributed by atoms with van der Waals surface area (Å²) >= 11 is 0. The Morgan fingerprint density at radius 1 is 0.767 bits per heavy atom. The van der Waals surface area contributed by atoms with E-state index >= 15 is 0 Å². The predicted octanol–water partition coefficient (Wildman–Crippen LogP) is 0.384. The molecule has 0 saturated carbocycles. The third kappa shape index (κ3) is 8.02. The summed E-state index contributed by atoms with van der Waals surface area (Å²) in [5.74, 6) is -3.22. The van der Waals surface area contributed by atoms with Gasteiger partial charge in [0, 0.05) is 38.5 Å². The van der Waals surface area contributed by atoms with E-state index in [1.807, 2.05) is 0 Å². The molecule has 2 heterocycles. The highest BCUT2D eigenvalue weighted by Gasteiger charge is 2.34. The second kappa shape index (κ2) is 13.1. The van der Waals surface area contributed by atoms with Crippen molar-refractivity contribution < 1.29 is 43.2 Å². The van der Waals surface area contributed by atoms with Gasteiger partial charge in [0.05, 0.1) is 6.42 Å². The zero-order valence-corrected chi connectivity index (χ0v) is 16.5. The van der Waals surface area contributed by atoms with Crippen LogP contribution >= 0.6 is 0 Å². The standard InChI is InChI=1S/C12H17NO5.C7H7NO4/c14-9-5-3-1-2-4-6-12(17)18-13-10(15)7-8-11(13)16;9-4-3-7(12)8-5(10)1-2-6(8)11/h9H,1-8H2;4H,1-3H2. The van der Waals surface area contributed by atoms with E-state index in [0.29, 0.717) is 29.1 Å². The van der Waals surface area contributed by atoms with E-state index < -0.39 is 41.9 Å². The molecule has 2 aliphatic rings. The first-order valence-corrected chi connectivity index (χ1v) is 9.64. The normalized spacial score (nSPS) is 15.7. The SMILES string of the molecule is O=CCC(=O)N1C(=O)CCC1=O.O=CCCCCCCC(=O)ON1C(=O)CCC1=O. The average molecular weight is 424 g/mol. The molecule has 5 amide bonds. The molecule has 0 aliphatic carbocycles. The predicted molar refractivity (Wildman–Crippen MR) is 97.7 cm³/mol. The van der Waals surface area contributed by atoms with Crippen molar-refractivity contribution in [3.05, 3.63) is 0 Å². The number of nitrogens with zero attached hydrogens (tertiary/aromatic N) is 2. The molecular weight excluding hydrogens is 400 g/mol. The van der Waals surface area contributed by atoms with Gasteiger partial charge in [-0.25, -0.2) is 9.69 Å². The molecule has 0 aromatic carbocycles. The largest absolute Gasteiger partial charge is 0.333 e. The number of unbranched alkanes of at least 4 members (excludes halogenated alkanes) is 4. The molecule has 0 spiro atoms. The molecule has 0 atom stereocenters. The average Bonchev–Trinajstić information content (AvgIpc) is 3.20. The molecule has 11 nitrogen and oxygen atoms in total. The van der Waals surface area contributed by atoms with Crippen molar-refractivity contribution in [1.29, 1.82) is 0 Å². The van der Waals surface area contributed by atoms with Gasteiger partial charge in [-0.2, -0.15) is 0 Å². The highest BCUT2D eigenvalue weighted by Crippen LogP contribution is 2.14. The number of carbonyl (C=O) groups is 8. The first-order valence-electron chi connectivity index (χ1n) is 9.64. The number of likely N-dealkylation sites (tertiary alicyclic amines) is 1. The van der Waals surface area contributed by atoms with Crippen molar-refractivity contribution in [1.82, 2.24) is 9.96 Å². The Kier molecular flexibility index (Phi) is 10.8. The van der Waals surface area contributed by atoms with Gasteiger partial charge in [-0.15, -0.1) is 5.06 Å². The highest BCUT2D eigenvalue weighted by molar-refractivity contribution is 6.16. The van der Waals surface area contributed by atoms with Crippen molar-refractivity contribution >= 4 is 48.1 Å². The number of rotatable bonds is 10. The Bertz CT molecular complexity index is 685. The molecule has 0 aromatic heterocycles. The first-order chi connectivity index (χ1) is 14.3. The summed E-state index contributed by atoms with van der Waals surface area (Å²) in [5, 5.41) is 0.564. The van der Waals surface area contributed by atoms with E-state index in [2.05, 4.69) is 0 Å². The van der Waals surface area contributed by atoms with E-state index in [0.717, 1.165) is 25.5 Å². The van der Waals surface area contributed by atoms with Crippen LogP contribution in [0.4, 0.5) is 0 Å². The molecule has 2 rings (SSSR count). The lowest BCUT2D eigenvalue weighted by atomic mass is 10.1. The van der Waals surface area contributed by atoms with E-state index in [1.165, 1.54) is 0 Å². The summed E-state index contributed by atoms with van der Waals surface area (Å²) in [5.41, 5.74) is 0. The van der Waals surface area contributed by atoms with Gasteiger partial charge in [0.15, 0.2) is 0 Å². The molecule has 2 saturated heterocycles. The van der Waals surface area contributed by atoms with Crippen LogP contribution in [0, 0.1) is 0 Å². The summed E-state index contributed by atoms with van der Waals surface area (Å²) in [7, 11) is 0. The van der Waals surface area contributed by atoms with Crippen LogP contribution in [0.3, 0.4) is 0 Å². The Balaban J connectivity index is 0.000000325. The summed E-state index contributed by atoms with van der Waals surface area (Å²) in [6, 6.07) is 0. The Hall–Kier alpha value is -3.24. The van der Waals surface area contributed by atoms with Crippen LogP contribution < -0.4 is 0 Å². The summed E-state index contributed by atoms with van der Waals surface area (Å²) in [6.07, 6.45) is 5.09. The van der Waals surface area contributed by atoms with Gasteiger partial charge in [-0.05, 0) is 12.8 Å². The fourth-order valence-corrected chi connectivity index (χ4v) is 2.67. The van der Waals surface area contributed by atoms with E-state index in [4.69, 9.17) is 4.84 Å². The van der Waals surface area contributed by atoms with Crippen molar-refractivity contribution in [3.63, 3.8) is 0 Å². The lowest BCUT2D eigenvalue weighted by molar-refractivity contribution is -0.197. The van der Waals surface area contributed by atoms with Crippen LogP contribution in [0.2, 0.25) is 0 Å². The molecule has 0 N–H and O–H groups in total. The second-order valence-electron chi connectivity index (χ2n) is 6.55. The van der Waals surface area contributed by atoms with Crippen molar-refractivity contribution in [2.75, 3.05) is 0 Å². The van der Waals surface area contributed by atoms with Gasteiger partial charge >= 0.3 is 5.97 Å². The molecule has 2 aliphatic heterocycles. The maximum absolute atomic E-state index is 11.4. The van der Waals surface area contributed by atoms with Crippen LogP contribution in [0.15, 0.2) is 0 Å². The Morgan fingerprint density at radius 3 is 1.83 bits per heavy atom. The number of aldehydes is 2. The van der Waals surface area contributed by atoms with Crippen molar-refractivity contribution in [2.45, 2.75) is 70.6 Å². The minimum atomic E-state index is -0.725. The molecule has 2 fully saturated rings. The smallest absolute Gasteiger partial charge is 0.330 e. The lowest BCUT2D eigenvalue weighted by Crippen LogP contribution is -2.35. The summed E-state index contributed by atoms with van der Waals surface area (Å²) in [4.78, 5) is 91.6. The number of imide groups is 4. The lowest BCUT2D eigenvalue weighted by Gasteiger charge is -2.12. The topological polar surface area (TPSA) is 152 Å². The molecule has 30 heavy (non-hydrogen) atoms. The zero-order valence-electron chi connectivity index (χ0n) is 16.5. The van der Waals surface area contributed by atoms with E-state index in [9.17, 15) is 38.4 Å². The maximum Gasteiger partial charge on any atom is 0.333 e. The number of hydrogen-bond acceptors (Lipinski definition) is 9. The third-order valence-electron chi connectivity index (χ3n) is 4.21. The monoisotopic (exact) mass is 424 g/mol. The van der Waals surface area contributed by atoms with Crippen molar-refractivity contribution in [2.24, 2.45) is 0 Å². The third-order valence-corrected chi connectivity index (χ3v) is 4.21. The summed E-state index contributed by atoms with van der Waals surface area (Å²) in [6.45, 7) is 0. The highest BCUT2D eigenvalue weighted by atomic mass is 16.7. The molecule has 0 aromatic rings. The van der Waals surface area contributed by atoms with Gasteiger partial charge in [-0.1, -0.05) is 12.8 Å². The first kappa shape index (κ1) is 24.8. The minimum absolute atomic E-state index is 0.0728.